The average Bonchev–Trinajstić information content (AvgIpc) is 1.88. The Morgan fingerprint density at radius 3 is 2.27 bits per heavy atom. The highest BCUT2D eigenvalue weighted by molar-refractivity contribution is 5.91. The van der Waals surface area contributed by atoms with Gasteiger partial charge < -0.3 is 11.5 Å². The van der Waals surface area contributed by atoms with Crippen LogP contribution in [-0.2, 0) is 4.79 Å². The van der Waals surface area contributed by atoms with Gasteiger partial charge in [0.25, 0.3) is 0 Å². The molecule has 0 atom stereocenters. The second kappa shape index (κ2) is 7.57. The fourth-order valence-corrected chi connectivity index (χ4v) is 0.606. The zero-order valence-corrected chi connectivity index (χ0v) is 7.32. The highest BCUT2D eigenvalue weighted by Gasteiger charge is 1.98. The maximum atomic E-state index is 10.4. The number of carbonyl (C=O) groups is 1. The van der Waals surface area contributed by atoms with E-state index < -0.39 is 5.91 Å². The van der Waals surface area contributed by atoms with Crippen molar-refractivity contribution in [2.75, 3.05) is 6.54 Å². The highest BCUT2D eigenvalue weighted by Crippen LogP contribution is 2.02. The van der Waals surface area contributed by atoms with E-state index in [2.05, 4.69) is 6.58 Å². The number of halogens is 1. The van der Waals surface area contributed by atoms with Gasteiger partial charge in [0.2, 0.25) is 5.91 Å². The van der Waals surface area contributed by atoms with Gasteiger partial charge in [0.1, 0.15) is 0 Å². The Morgan fingerprint density at radius 2 is 1.91 bits per heavy atom. The molecule has 4 N–H and O–H groups in total. The number of hydrogen-bond acceptors (Lipinski definition) is 2. The predicted molar refractivity (Wildman–Crippen MR) is 48.5 cm³/mol. The highest BCUT2D eigenvalue weighted by atomic mass is 35.5. The van der Waals surface area contributed by atoms with E-state index >= 15 is 0 Å². The van der Waals surface area contributed by atoms with E-state index in [0.29, 0.717) is 18.5 Å². The van der Waals surface area contributed by atoms with E-state index in [0.717, 1.165) is 12.8 Å². The van der Waals surface area contributed by atoms with E-state index in [-0.39, 0.29) is 12.4 Å². The molecule has 0 spiro atoms. The topological polar surface area (TPSA) is 69.1 Å². The fourth-order valence-electron chi connectivity index (χ4n) is 0.606. The zero-order valence-electron chi connectivity index (χ0n) is 6.51. The second-order valence-electron chi connectivity index (χ2n) is 2.21. The normalized spacial score (nSPS) is 8.45. The van der Waals surface area contributed by atoms with E-state index in [9.17, 15) is 4.79 Å². The number of primary amides is 1. The van der Waals surface area contributed by atoms with Gasteiger partial charge in [0.05, 0.1) is 0 Å². The van der Waals surface area contributed by atoms with E-state index in [1.54, 1.807) is 0 Å². The third-order valence-corrected chi connectivity index (χ3v) is 1.28. The summed E-state index contributed by atoms with van der Waals surface area (Å²) < 4.78 is 0. The quantitative estimate of drug-likeness (QED) is 0.478. The number of nitrogens with two attached hydrogens (primary N) is 2. The minimum Gasteiger partial charge on any atom is -0.366 e. The van der Waals surface area contributed by atoms with Crippen molar-refractivity contribution in [3.8, 4) is 0 Å². The van der Waals surface area contributed by atoms with Gasteiger partial charge >= 0.3 is 0 Å². The van der Waals surface area contributed by atoms with Gasteiger partial charge in [0.15, 0.2) is 0 Å². The number of rotatable bonds is 5. The molecule has 0 fully saturated rings. The lowest BCUT2D eigenvalue weighted by Crippen LogP contribution is -2.13. The Hall–Kier alpha value is -0.540. The van der Waals surface area contributed by atoms with Crippen LogP contribution >= 0.6 is 12.4 Å². The standard InChI is InChI=1S/C7H14N2O.ClH/c1-6(7(9)10)4-2-3-5-8;/h1-5,8H2,(H2,9,10);1H. The summed E-state index contributed by atoms with van der Waals surface area (Å²) in [6, 6.07) is 0. The molecule has 3 nitrogen and oxygen atoms in total. The largest absolute Gasteiger partial charge is 0.366 e. The van der Waals surface area contributed by atoms with Crippen molar-refractivity contribution in [3.05, 3.63) is 12.2 Å². The molecule has 0 aromatic rings. The van der Waals surface area contributed by atoms with Gasteiger partial charge in [-0.05, 0) is 25.8 Å². The Morgan fingerprint density at radius 1 is 1.36 bits per heavy atom. The Balaban J connectivity index is 0. The van der Waals surface area contributed by atoms with Gasteiger partial charge in [-0.15, -0.1) is 12.4 Å². The fraction of sp³-hybridized carbons (Fsp3) is 0.571. The summed E-state index contributed by atoms with van der Waals surface area (Å²) in [5.41, 5.74) is 10.7. The predicted octanol–water partition coefficient (Wildman–Crippen LogP) is 0.579. The average molecular weight is 179 g/mol. The van der Waals surface area contributed by atoms with Gasteiger partial charge in [-0.3, -0.25) is 4.79 Å². The van der Waals surface area contributed by atoms with E-state index in [1.165, 1.54) is 0 Å². The van der Waals surface area contributed by atoms with Crippen LogP contribution in [0.5, 0.6) is 0 Å². The monoisotopic (exact) mass is 178 g/mol. The van der Waals surface area contributed by atoms with Gasteiger partial charge in [-0.2, -0.15) is 0 Å². The van der Waals surface area contributed by atoms with Crippen molar-refractivity contribution in [3.63, 3.8) is 0 Å². The molecule has 0 heterocycles. The third-order valence-electron chi connectivity index (χ3n) is 1.28. The molecule has 0 aliphatic rings. The first-order valence-electron chi connectivity index (χ1n) is 3.36. The first kappa shape index (κ1) is 13.1. The van der Waals surface area contributed by atoms with Crippen molar-refractivity contribution in [1.82, 2.24) is 0 Å². The molecule has 11 heavy (non-hydrogen) atoms. The van der Waals surface area contributed by atoms with Crippen molar-refractivity contribution < 1.29 is 4.79 Å². The second-order valence-corrected chi connectivity index (χ2v) is 2.21. The summed E-state index contributed by atoms with van der Waals surface area (Å²) in [5.74, 6) is -0.406. The van der Waals surface area contributed by atoms with Gasteiger partial charge in [-0.1, -0.05) is 6.58 Å². The molecule has 66 valence electrons. The van der Waals surface area contributed by atoms with Crippen LogP contribution in [0.2, 0.25) is 0 Å². The molecular weight excluding hydrogens is 164 g/mol. The molecule has 4 heteroatoms. The smallest absolute Gasteiger partial charge is 0.244 e. The molecule has 0 saturated heterocycles. The number of hydrogen-bond donors (Lipinski definition) is 2. The Labute approximate surface area is 73.2 Å². The van der Waals surface area contributed by atoms with Crippen LogP contribution in [-0.4, -0.2) is 12.5 Å². The van der Waals surface area contributed by atoms with Crippen LogP contribution < -0.4 is 11.5 Å². The van der Waals surface area contributed by atoms with Gasteiger partial charge in [-0.25, -0.2) is 0 Å². The van der Waals surface area contributed by atoms with E-state index in [4.69, 9.17) is 11.5 Å². The minimum absolute atomic E-state index is 0. The zero-order chi connectivity index (χ0) is 7.98. The SMILES string of the molecule is C=C(CCCCN)C(N)=O.Cl. The summed E-state index contributed by atoms with van der Waals surface area (Å²) in [4.78, 5) is 10.4. The molecule has 0 unspecified atom stereocenters. The minimum atomic E-state index is -0.406. The van der Waals surface area contributed by atoms with Crippen LogP contribution in [0.1, 0.15) is 19.3 Å². The lowest BCUT2D eigenvalue weighted by Gasteiger charge is -1.98. The van der Waals surface area contributed by atoms with Crippen LogP contribution in [0.4, 0.5) is 0 Å². The van der Waals surface area contributed by atoms with Crippen molar-refractivity contribution in [2.24, 2.45) is 11.5 Å². The van der Waals surface area contributed by atoms with Crippen molar-refractivity contribution in [2.45, 2.75) is 19.3 Å². The molecule has 0 radical (unpaired) electrons. The summed E-state index contributed by atoms with van der Waals surface area (Å²) >= 11 is 0. The summed E-state index contributed by atoms with van der Waals surface area (Å²) in [6.45, 7) is 4.17. The summed E-state index contributed by atoms with van der Waals surface area (Å²) in [7, 11) is 0. The molecule has 0 aliphatic carbocycles. The number of unbranched alkanes of at least 4 members (excludes halogenated alkanes) is 1. The van der Waals surface area contributed by atoms with Crippen molar-refractivity contribution >= 4 is 18.3 Å². The molecule has 0 aromatic heterocycles. The maximum Gasteiger partial charge on any atom is 0.244 e. The lowest BCUT2D eigenvalue weighted by atomic mass is 10.1. The van der Waals surface area contributed by atoms with Gasteiger partial charge in [0, 0.05) is 5.57 Å². The maximum absolute atomic E-state index is 10.4. The molecule has 0 bridgehead atoms. The van der Waals surface area contributed by atoms with Crippen LogP contribution in [0.3, 0.4) is 0 Å². The summed E-state index contributed by atoms with van der Waals surface area (Å²) in [5, 5.41) is 0. The Kier molecular flexibility index (Phi) is 9.00. The van der Waals surface area contributed by atoms with Crippen LogP contribution in [0.15, 0.2) is 12.2 Å². The Bertz CT molecular complexity index is 136. The first-order valence-corrected chi connectivity index (χ1v) is 3.36. The molecule has 1 amide bonds. The number of carbonyl (C=O) groups excluding carboxylic acids is 1. The van der Waals surface area contributed by atoms with Crippen LogP contribution in [0.25, 0.3) is 0 Å². The first-order chi connectivity index (χ1) is 4.68. The summed E-state index contributed by atoms with van der Waals surface area (Å²) in [6.07, 6.45) is 2.50. The molecule has 0 saturated carbocycles. The third kappa shape index (κ3) is 7.36. The number of amides is 1. The molecule has 0 aliphatic heterocycles. The lowest BCUT2D eigenvalue weighted by molar-refractivity contribution is -0.114. The molecule has 0 aromatic carbocycles. The molecule has 0 rings (SSSR count). The molecular formula is C7H15ClN2O. The van der Waals surface area contributed by atoms with Crippen LogP contribution in [0, 0.1) is 0 Å². The van der Waals surface area contributed by atoms with E-state index in [1.807, 2.05) is 0 Å². The van der Waals surface area contributed by atoms with Crippen molar-refractivity contribution in [1.29, 1.82) is 0 Å².